The third kappa shape index (κ3) is 2.90. The summed E-state index contributed by atoms with van der Waals surface area (Å²) in [4.78, 5) is 24.4. The lowest BCUT2D eigenvalue weighted by molar-refractivity contribution is -0.384. The second kappa shape index (κ2) is 5.85. The predicted octanol–water partition coefficient (Wildman–Crippen LogP) is 2.60. The largest absolute Gasteiger partial charge is 0.362 e. The van der Waals surface area contributed by atoms with Crippen LogP contribution in [-0.4, -0.2) is 23.9 Å². The smallest absolute Gasteiger partial charge is 0.269 e. The number of nitrogens with one attached hydrogen (secondary N) is 1. The molecule has 0 unspecified atom stereocenters. The molecule has 6 nitrogen and oxygen atoms in total. The molecule has 0 aliphatic carbocycles. The van der Waals surface area contributed by atoms with Crippen LogP contribution >= 0.6 is 0 Å². The summed E-state index contributed by atoms with van der Waals surface area (Å²) in [6.07, 6.45) is 0.718. The number of hydrogen-bond acceptors (Lipinski definition) is 4. The SMILES string of the molecule is O=C(CN1CCc2cc([N+](=O)[O-])ccc21)Nc1ccccc1. The first kappa shape index (κ1) is 14.1. The minimum absolute atomic E-state index is 0.0920. The molecule has 2 aromatic rings. The Morgan fingerprint density at radius 2 is 2.00 bits per heavy atom. The first-order valence-corrected chi connectivity index (χ1v) is 7.00. The van der Waals surface area contributed by atoms with Crippen molar-refractivity contribution < 1.29 is 9.72 Å². The molecule has 1 heterocycles. The van der Waals surface area contributed by atoms with E-state index in [1.165, 1.54) is 6.07 Å². The standard InChI is InChI=1S/C16H15N3O3/c20-16(17-13-4-2-1-3-5-13)11-18-9-8-12-10-14(19(21)22)6-7-15(12)18/h1-7,10H,8-9,11H2,(H,17,20). The van der Waals surface area contributed by atoms with Crippen LogP contribution in [0.3, 0.4) is 0 Å². The van der Waals surface area contributed by atoms with Gasteiger partial charge in [-0.15, -0.1) is 0 Å². The van der Waals surface area contributed by atoms with E-state index < -0.39 is 4.92 Å². The maximum atomic E-state index is 12.1. The number of carbonyl (C=O) groups is 1. The fourth-order valence-electron chi connectivity index (χ4n) is 2.63. The predicted molar refractivity (Wildman–Crippen MR) is 84.1 cm³/mol. The van der Waals surface area contributed by atoms with Crippen LogP contribution in [0.15, 0.2) is 48.5 Å². The molecule has 1 aliphatic heterocycles. The molecule has 0 saturated carbocycles. The molecule has 0 radical (unpaired) electrons. The van der Waals surface area contributed by atoms with E-state index in [9.17, 15) is 14.9 Å². The van der Waals surface area contributed by atoms with Crippen molar-refractivity contribution in [2.75, 3.05) is 23.3 Å². The van der Waals surface area contributed by atoms with Crippen molar-refractivity contribution in [3.63, 3.8) is 0 Å². The highest BCUT2D eigenvalue weighted by atomic mass is 16.6. The molecular formula is C16H15N3O3. The molecular weight excluding hydrogens is 282 g/mol. The van der Waals surface area contributed by atoms with E-state index >= 15 is 0 Å². The van der Waals surface area contributed by atoms with Gasteiger partial charge in [0.15, 0.2) is 0 Å². The van der Waals surface area contributed by atoms with Crippen LogP contribution in [0.5, 0.6) is 0 Å². The van der Waals surface area contributed by atoms with E-state index in [4.69, 9.17) is 0 Å². The number of benzene rings is 2. The van der Waals surface area contributed by atoms with E-state index in [0.29, 0.717) is 6.54 Å². The number of carbonyl (C=O) groups excluding carboxylic acids is 1. The zero-order chi connectivity index (χ0) is 15.5. The van der Waals surface area contributed by atoms with E-state index in [0.717, 1.165) is 23.4 Å². The summed E-state index contributed by atoms with van der Waals surface area (Å²) in [6, 6.07) is 14.1. The van der Waals surface area contributed by atoms with Crippen LogP contribution < -0.4 is 10.2 Å². The maximum Gasteiger partial charge on any atom is 0.269 e. The summed E-state index contributed by atoms with van der Waals surface area (Å²) in [5.74, 6) is -0.0996. The number of rotatable bonds is 4. The number of anilines is 2. The summed E-state index contributed by atoms with van der Waals surface area (Å²) in [5, 5.41) is 13.6. The number of non-ortho nitro benzene ring substituents is 1. The summed E-state index contributed by atoms with van der Waals surface area (Å²) < 4.78 is 0. The van der Waals surface area contributed by atoms with Crippen molar-refractivity contribution >= 4 is 23.0 Å². The molecule has 3 rings (SSSR count). The highest BCUT2D eigenvalue weighted by Gasteiger charge is 2.23. The van der Waals surface area contributed by atoms with Crippen LogP contribution in [0.2, 0.25) is 0 Å². The molecule has 0 bridgehead atoms. The monoisotopic (exact) mass is 297 g/mol. The summed E-state index contributed by atoms with van der Waals surface area (Å²) in [6.45, 7) is 0.929. The Bertz CT molecular complexity index is 716. The quantitative estimate of drug-likeness (QED) is 0.695. The Hall–Kier alpha value is -2.89. The molecule has 0 saturated heterocycles. The Kier molecular flexibility index (Phi) is 3.74. The number of nitro groups is 1. The van der Waals surface area contributed by atoms with Gasteiger partial charge in [-0.1, -0.05) is 18.2 Å². The molecule has 6 heteroatoms. The zero-order valence-corrected chi connectivity index (χ0v) is 11.9. The molecule has 1 aliphatic rings. The minimum Gasteiger partial charge on any atom is -0.362 e. The van der Waals surface area contributed by atoms with Gasteiger partial charge in [-0.2, -0.15) is 0 Å². The Morgan fingerprint density at radius 1 is 1.23 bits per heavy atom. The van der Waals surface area contributed by atoms with Crippen molar-refractivity contribution in [3.05, 3.63) is 64.2 Å². The van der Waals surface area contributed by atoms with E-state index in [1.807, 2.05) is 35.2 Å². The first-order valence-electron chi connectivity index (χ1n) is 7.00. The van der Waals surface area contributed by atoms with Crippen molar-refractivity contribution in [2.45, 2.75) is 6.42 Å². The van der Waals surface area contributed by atoms with Gasteiger partial charge in [0.1, 0.15) is 0 Å². The van der Waals surface area contributed by atoms with Gasteiger partial charge in [0.05, 0.1) is 11.5 Å². The van der Waals surface area contributed by atoms with Crippen molar-refractivity contribution in [3.8, 4) is 0 Å². The lowest BCUT2D eigenvalue weighted by Gasteiger charge is -2.18. The van der Waals surface area contributed by atoms with E-state index in [1.54, 1.807) is 12.1 Å². The highest BCUT2D eigenvalue weighted by Crippen LogP contribution is 2.30. The maximum absolute atomic E-state index is 12.1. The molecule has 22 heavy (non-hydrogen) atoms. The molecule has 1 N–H and O–H groups in total. The molecule has 0 spiro atoms. The van der Waals surface area contributed by atoms with Gasteiger partial charge >= 0.3 is 0 Å². The van der Waals surface area contributed by atoms with Crippen LogP contribution in [0.1, 0.15) is 5.56 Å². The van der Waals surface area contributed by atoms with Crippen molar-refractivity contribution in [2.24, 2.45) is 0 Å². The van der Waals surface area contributed by atoms with Crippen LogP contribution in [0.25, 0.3) is 0 Å². The van der Waals surface area contributed by atoms with Gasteiger partial charge in [-0.05, 0) is 30.2 Å². The van der Waals surface area contributed by atoms with Gasteiger partial charge in [0.2, 0.25) is 5.91 Å². The molecule has 0 atom stereocenters. The molecule has 112 valence electrons. The van der Waals surface area contributed by atoms with E-state index in [2.05, 4.69) is 5.32 Å². The third-order valence-corrected chi connectivity index (χ3v) is 3.66. The topological polar surface area (TPSA) is 75.5 Å². The number of hydrogen-bond donors (Lipinski definition) is 1. The average Bonchev–Trinajstić information content (AvgIpc) is 2.90. The third-order valence-electron chi connectivity index (χ3n) is 3.66. The molecule has 2 aromatic carbocycles. The zero-order valence-electron chi connectivity index (χ0n) is 11.9. The van der Waals surface area contributed by atoms with E-state index in [-0.39, 0.29) is 18.1 Å². The highest BCUT2D eigenvalue weighted by molar-refractivity contribution is 5.94. The normalized spacial score (nSPS) is 12.8. The molecule has 0 fully saturated rings. The van der Waals surface area contributed by atoms with Crippen molar-refractivity contribution in [1.29, 1.82) is 0 Å². The first-order chi connectivity index (χ1) is 10.6. The molecule has 1 amide bonds. The van der Waals surface area contributed by atoms with Crippen molar-refractivity contribution in [1.82, 2.24) is 0 Å². The van der Waals surface area contributed by atoms with Gasteiger partial charge < -0.3 is 10.2 Å². The average molecular weight is 297 g/mol. The van der Waals surface area contributed by atoms with Gasteiger partial charge in [-0.3, -0.25) is 14.9 Å². The van der Waals surface area contributed by atoms with Gasteiger partial charge in [-0.25, -0.2) is 0 Å². The second-order valence-corrected chi connectivity index (χ2v) is 5.16. The van der Waals surface area contributed by atoms with Crippen LogP contribution in [-0.2, 0) is 11.2 Å². The number of amides is 1. The number of fused-ring (bicyclic) bond motifs is 1. The lowest BCUT2D eigenvalue weighted by Crippen LogP contribution is -2.31. The Morgan fingerprint density at radius 3 is 2.73 bits per heavy atom. The summed E-state index contributed by atoms with van der Waals surface area (Å²) in [7, 11) is 0. The number of nitro benzene ring substituents is 1. The molecule has 0 aromatic heterocycles. The van der Waals surface area contributed by atoms with Crippen LogP contribution in [0.4, 0.5) is 17.1 Å². The Labute approximate surface area is 127 Å². The second-order valence-electron chi connectivity index (χ2n) is 5.16. The lowest BCUT2D eigenvalue weighted by atomic mass is 10.1. The minimum atomic E-state index is -0.398. The van der Waals surface area contributed by atoms with Crippen LogP contribution in [0, 0.1) is 10.1 Å². The fraction of sp³-hybridized carbons (Fsp3) is 0.188. The van der Waals surface area contributed by atoms with Gasteiger partial charge in [0, 0.05) is 30.1 Å². The summed E-state index contributed by atoms with van der Waals surface area (Å²) in [5.41, 5.74) is 2.67. The Balaban J connectivity index is 1.69. The van der Waals surface area contributed by atoms with Gasteiger partial charge in [0.25, 0.3) is 5.69 Å². The summed E-state index contributed by atoms with van der Waals surface area (Å²) >= 11 is 0. The number of para-hydroxylation sites is 1. The number of nitrogens with zero attached hydrogens (tertiary/aromatic N) is 2. The fourth-order valence-corrected chi connectivity index (χ4v) is 2.63.